The molecule has 1 fully saturated rings. The molecule has 0 aliphatic carbocycles. The Labute approximate surface area is 102 Å². The highest BCUT2D eigenvalue weighted by Crippen LogP contribution is 2.22. The predicted octanol–water partition coefficient (Wildman–Crippen LogP) is 2.14. The van der Waals surface area contributed by atoms with Crippen LogP contribution in [0.15, 0.2) is 18.2 Å². The Morgan fingerprint density at radius 2 is 2.18 bits per heavy atom. The molecule has 0 saturated carbocycles. The van der Waals surface area contributed by atoms with E-state index < -0.39 is 22.4 Å². The molecule has 1 saturated heterocycles. The van der Waals surface area contributed by atoms with Gasteiger partial charge in [0.25, 0.3) is 0 Å². The Balaban J connectivity index is 2.26. The SMILES string of the molecule is CC1CCNC(c2cc(F)ccc2F)CS1=O. The molecule has 5 heteroatoms. The van der Waals surface area contributed by atoms with Crippen molar-refractivity contribution in [2.45, 2.75) is 24.6 Å². The van der Waals surface area contributed by atoms with Crippen LogP contribution in [0, 0.1) is 11.6 Å². The third-order valence-electron chi connectivity index (χ3n) is 3.05. The Morgan fingerprint density at radius 3 is 2.94 bits per heavy atom. The van der Waals surface area contributed by atoms with Crippen molar-refractivity contribution in [1.82, 2.24) is 5.32 Å². The summed E-state index contributed by atoms with van der Waals surface area (Å²) in [5.74, 6) is -0.580. The van der Waals surface area contributed by atoms with Crippen LogP contribution in [0.25, 0.3) is 0 Å². The van der Waals surface area contributed by atoms with E-state index in [-0.39, 0.29) is 16.9 Å². The summed E-state index contributed by atoms with van der Waals surface area (Å²) in [6.45, 7) is 2.59. The first-order chi connectivity index (χ1) is 8.08. The fourth-order valence-corrected chi connectivity index (χ4v) is 3.30. The van der Waals surface area contributed by atoms with E-state index in [1.807, 2.05) is 6.92 Å². The zero-order chi connectivity index (χ0) is 12.4. The lowest BCUT2D eigenvalue weighted by atomic mass is 10.1. The van der Waals surface area contributed by atoms with E-state index in [0.717, 1.165) is 18.6 Å². The van der Waals surface area contributed by atoms with Gasteiger partial charge in [-0.15, -0.1) is 0 Å². The maximum absolute atomic E-state index is 13.6. The van der Waals surface area contributed by atoms with Gasteiger partial charge in [-0.05, 0) is 31.2 Å². The normalized spacial score (nSPS) is 29.9. The molecule has 0 spiro atoms. The molecule has 0 aromatic heterocycles. The van der Waals surface area contributed by atoms with E-state index >= 15 is 0 Å². The van der Waals surface area contributed by atoms with Crippen LogP contribution >= 0.6 is 0 Å². The van der Waals surface area contributed by atoms with Gasteiger partial charge in [0.1, 0.15) is 11.6 Å². The fourth-order valence-electron chi connectivity index (χ4n) is 1.96. The molecule has 2 rings (SSSR count). The van der Waals surface area contributed by atoms with Crippen molar-refractivity contribution in [2.24, 2.45) is 0 Å². The lowest BCUT2D eigenvalue weighted by Gasteiger charge is -2.16. The van der Waals surface area contributed by atoms with E-state index in [4.69, 9.17) is 0 Å². The number of rotatable bonds is 1. The van der Waals surface area contributed by atoms with Gasteiger partial charge < -0.3 is 5.32 Å². The molecule has 3 unspecified atom stereocenters. The summed E-state index contributed by atoms with van der Waals surface area (Å²) in [6, 6.07) is 3.02. The minimum absolute atomic E-state index is 0.101. The zero-order valence-electron chi connectivity index (χ0n) is 9.58. The highest BCUT2D eigenvalue weighted by Gasteiger charge is 2.24. The lowest BCUT2D eigenvalue weighted by molar-refractivity contribution is 0.524. The molecule has 2 nitrogen and oxygen atoms in total. The molecule has 1 aliphatic heterocycles. The minimum Gasteiger partial charge on any atom is -0.309 e. The second kappa shape index (κ2) is 5.23. The van der Waals surface area contributed by atoms with E-state index in [0.29, 0.717) is 12.3 Å². The van der Waals surface area contributed by atoms with Crippen LogP contribution in [0.2, 0.25) is 0 Å². The van der Waals surface area contributed by atoms with Crippen molar-refractivity contribution < 1.29 is 13.0 Å². The third-order valence-corrected chi connectivity index (χ3v) is 4.85. The Kier molecular flexibility index (Phi) is 3.89. The molecule has 1 aromatic rings. The summed E-state index contributed by atoms with van der Waals surface area (Å²) in [4.78, 5) is 0. The van der Waals surface area contributed by atoms with Crippen molar-refractivity contribution in [2.75, 3.05) is 12.3 Å². The van der Waals surface area contributed by atoms with Gasteiger partial charge in [0.05, 0.1) is 0 Å². The monoisotopic (exact) mass is 259 g/mol. The molecular weight excluding hydrogens is 244 g/mol. The first-order valence-electron chi connectivity index (χ1n) is 5.63. The van der Waals surface area contributed by atoms with Crippen molar-refractivity contribution in [3.8, 4) is 0 Å². The molecule has 1 N–H and O–H groups in total. The average molecular weight is 259 g/mol. The smallest absolute Gasteiger partial charge is 0.128 e. The summed E-state index contributed by atoms with van der Waals surface area (Å²) in [6.07, 6.45) is 0.792. The molecule has 3 atom stereocenters. The van der Waals surface area contributed by atoms with Crippen LogP contribution in [0.4, 0.5) is 8.78 Å². The van der Waals surface area contributed by atoms with Crippen LogP contribution in [-0.4, -0.2) is 21.8 Å². The van der Waals surface area contributed by atoms with Crippen LogP contribution in [0.1, 0.15) is 24.9 Å². The topological polar surface area (TPSA) is 29.1 Å². The molecule has 94 valence electrons. The largest absolute Gasteiger partial charge is 0.309 e. The molecule has 1 aromatic carbocycles. The number of nitrogens with one attached hydrogen (secondary N) is 1. The summed E-state index contributed by atoms with van der Waals surface area (Å²) in [5.41, 5.74) is 0.271. The number of benzene rings is 1. The number of hydrogen-bond donors (Lipinski definition) is 1. The quantitative estimate of drug-likeness (QED) is 0.837. The highest BCUT2D eigenvalue weighted by atomic mass is 32.2. The molecule has 0 amide bonds. The lowest BCUT2D eigenvalue weighted by Crippen LogP contribution is -2.25. The van der Waals surface area contributed by atoms with Crippen LogP contribution in [-0.2, 0) is 10.8 Å². The van der Waals surface area contributed by atoms with Crippen LogP contribution < -0.4 is 5.32 Å². The van der Waals surface area contributed by atoms with E-state index in [9.17, 15) is 13.0 Å². The first kappa shape index (κ1) is 12.6. The highest BCUT2D eigenvalue weighted by molar-refractivity contribution is 7.85. The molecular formula is C12H15F2NOS. The third kappa shape index (κ3) is 2.90. The van der Waals surface area contributed by atoms with Gasteiger partial charge in [-0.25, -0.2) is 8.78 Å². The van der Waals surface area contributed by atoms with Gasteiger partial charge in [0.2, 0.25) is 0 Å². The van der Waals surface area contributed by atoms with E-state index in [1.54, 1.807) is 0 Å². The summed E-state index contributed by atoms with van der Waals surface area (Å²) in [5, 5.41) is 3.23. The maximum atomic E-state index is 13.6. The Hall–Kier alpha value is -0.810. The number of halogens is 2. The van der Waals surface area contributed by atoms with Crippen molar-refractivity contribution >= 4 is 10.8 Å². The zero-order valence-corrected chi connectivity index (χ0v) is 10.4. The second-order valence-corrected chi connectivity index (χ2v) is 6.22. The summed E-state index contributed by atoms with van der Waals surface area (Å²) >= 11 is 0. The maximum Gasteiger partial charge on any atom is 0.128 e. The molecule has 1 aliphatic rings. The number of hydrogen-bond acceptors (Lipinski definition) is 2. The van der Waals surface area contributed by atoms with Gasteiger partial charge in [0.15, 0.2) is 0 Å². The molecule has 1 heterocycles. The van der Waals surface area contributed by atoms with Gasteiger partial charge in [-0.3, -0.25) is 4.21 Å². The molecule has 17 heavy (non-hydrogen) atoms. The van der Waals surface area contributed by atoms with Gasteiger partial charge >= 0.3 is 0 Å². The summed E-state index contributed by atoms with van der Waals surface area (Å²) in [7, 11) is -0.999. The Morgan fingerprint density at radius 1 is 1.41 bits per heavy atom. The first-order valence-corrected chi connectivity index (χ1v) is 7.01. The van der Waals surface area contributed by atoms with Crippen molar-refractivity contribution in [3.05, 3.63) is 35.4 Å². The standard InChI is InChI=1S/C12H15F2NOS/c1-8-4-5-15-12(7-17(8)16)10-6-9(13)2-3-11(10)14/h2-3,6,8,12,15H,4-5,7H2,1H3. The van der Waals surface area contributed by atoms with Gasteiger partial charge in [-0.1, -0.05) is 6.92 Å². The van der Waals surface area contributed by atoms with Crippen LogP contribution in [0.5, 0.6) is 0 Å². The second-order valence-electron chi connectivity index (χ2n) is 4.32. The van der Waals surface area contributed by atoms with Crippen molar-refractivity contribution in [3.63, 3.8) is 0 Å². The fraction of sp³-hybridized carbons (Fsp3) is 0.500. The average Bonchev–Trinajstić information content (AvgIpc) is 2.45. The Bertz CT molecular complexity index is 439. The van der Waals surface area contributed by atoms with E-state index in [2.05, 4.69) is 5.32 Å². The minimum atomic E-state index is -0.999. The van der Waals surface area contributed by atoms with Crippen molar-refractivity contribution in [1.29, 1.82) is 0 Å². The molecule has 0 bridgehead atoms. The molecule has 0 radical (unpaired) electrons. The van der Waals surface area contributed by atoms with Gasteiger partial charge in [-0.2, -0.15) is 0 Å². The van der Waals surface area contributed by atoms with Gasteiger partial charge in [0, 0.05) is 33.4 Å². The summed E-state index contributed by atoms with van der Waals surface area (Å²) < 4.78 is 38.6. The van der Waals surface area contributed by atoms with Crippen LogP contribution in [0.3, 0.4) is 0 Å². The predicted molar refractivity (Wildman–Crippen MR) is 64.2 cm³/mol. The van der Waals surface area contributed by atoms with E-state index in [1.165, 1.54) is 6.07 Å².